The lowest BCUT2D eigenvalue weighted by Crippen LogP contribution is -2.04. The lowest BCUT2D eigenvalue weighted by Gasteiger charge is -2.15. The number of aryl methyl sites for hydroxylation is 1. The van der Waals surface area contributed by atoms with Gasteiger partial charge in [-0.2, -0.15) is 0 Å². The molecular weight excluding hydrogens is 386 g/mol. The standard InChI is InChI=1S/C23H25NO.BrH/c1-3-19-11-9-15-23(22(19)4-2)24-17-18-10-8-14-21(16-18)25-20-12-6-5-7-13-20;/h5-16,24H,3-4,17H2,1-2H3;1H. The second-order valence-electron chi connectivity index (χ2n) is 6.07. The molecule has 3 heteroatoms. The molecule has 0 amide bonds. The Kier molecular flexibility index (Phi) is 7.73. The number of rotatable bonds is 7. The molecule has 26 heavy (non-hydrogen) atoms. The van der Waals surface area contributed by atoms with E-state index >= 15 is 0 Å². The molecule has 0 heterocycles. The second-order valence-corrected chi connectivity index (χ2v) is 6.07. The molecule has 0 aliphatic heterocycles. The van der Waals surface area contributed by atoms with Crippen LogP contribution in [0.5, 0.6) is 11.5 Å². The van der Waals surface area contributed by atoms with E-state index in [9.17, 15) is 0 Å². The minimum absolute atomic E-state index is 0. The largest absolute Gasteiger partial charge is 0.457 e. The highest BCUT2D eigenvalue weighted by atomic mass is 79.9. The Morgan fingerprint density at radius 3 is 2.23 bits per heavy atom. The smallest absolute Gasteiger partial charge is 0.127 e. The van der Waals surface area contributed by atoms with Crippen molar-refractivity contribution in [3.05, 3.63) is 89.5 Å². The molecule has 2 nitrogen and oxygen atoms in total. The summed E-state index contributed by atoms with van der Waals surface area (Å²) in [6.45, 7) is 5.21. The van der Waals surface area contributed by atoms with Gasteiger partial charge in [0.2, 0.25) is 0 Å². The molecule has 3 rings (SSSR count). The molecule has 1 N–H and O–H groups in total. The first-order valence-corrected chi connectivity index (χ1v) is 8.96. The van der Waals surface area contributed by atoms with E-state index in [1.807, 2.05) is 42.5 Å². The molecule has 3 aromatic carbocycles. The number of para-hydroxylation sites is 1. The molecule has 0 atom stereocenters. The van der Waals surface area contributed by atoms with E-state index in [0.717, 1.165) is 30.9 Å². The van der Waals surface area contributed by atoms with Gasteiger partial charge < -0.3 is 10.1 Å². The molecule has 0 saturated carbocycles. The van der Waals surface area contributed by atoms with Crippen LogP contribution in [0.1, 0.15) is 30.5 Å². The van der Waals surface area contributed by atoms with Gasteiger partial charge in [0, 0.05) is 12.2 Å². The van der Waals surface area contributed by atoms with Gasteiger partial charge in [0.1, 0.15) is 11.5 Å². The van der Waals surface area contributed by atoms with Gasteiger partial charge in [-0.15, -0.1) is 17.0 Å². The predicted molar refractivity (Wildman–Crippen MR) is 116 cm³/mol. The number of hydrogen-bond donors (Lipinski definition) is 1. The van der Waals surface area contributed by atoms with Crippen molar-refractivity contribution in [2.24, 2.45) is 0 Å². The summed E-state index contributed by atoms with van der Waals surface area (Å²) < 4.78 is 5.92. The normalized spacial score (nSPS) is 10.1. The van der Waals surface area contributed by atoms with Crippen LogP contribution in [0.4, 0.5) is 5.69 Å². The number of nitrogens with one attached hydrogen (secondary N) is 1. The highest BCUT2D eigenvalue weighted by Gasteiger charge is 2.05. The van der Waals surface area contributed by atoms with E-state index in [4.69, 9.17) is 4.74 Å². The first-order valence-electron chi connectivity index (χ1n) is 8.96. The van der Waals surface area contributed by atoms with Crippen molar-refractivity contribution in [2.45, 2.75) is 33.2 Å². The minimum Gasteiger partial charge on any atom is -0.457 e. The number of anilines is 1. The monoisotopic (exact) mass is 411 g/mol. The Hall–Kier alpha value is -2.26. The van der Waals surface area contributed by atoms with Gasteiger partial charge in [-0.25, -0.2) is 0 Å². The van der Waals surface area contributed by atoms with Gasteiger partial charge in [0.15, 0.2) is 0 Å². The maximum atomic E-state index is 5.92. The van der Waals surface area contributed by atoms with Gasteiger partial charge in [-0.05, 0) is 59.9 Å². The van der Waals surface area contributed by atoms with Crippen molar-refractivity contribution in [2.75, 3.05) is 5.32 Å². The summed E-state index contributed by atoms with van der Waals surface area (Å²) >= 11 is 0. The molecule has 0 aromatic heterocycles. The maximum absolute atomic E-state index is 5.92. The maximum Gasteiger partial charge on any atom is 0.127 e. The van der Waals surface area contributed by atoms with Crippen molar-refractivity contribution in [3.63, 3.8) is 0 Å². The van der Waals surface area contributed by atoms with Crippen molar-refractivity contribution >= 4 is 22.7 Å². The van der Waals surface area contributed by atoms with Crippen LogP contribution in [0.2, 0.25) is 0 Å². The summed E-state index contributed by atoms with van der Waals surface area (Å²) in [7, 11) is 0. The third-order valence-corrected chi connectivity index (χ3v) is 4.37. The van der Waals surface area contributed by atoms with Gasteiger partial charge in [-0.1, -0.05) is 56.3 Å². The Labute approximate surface area is 167 Å². The van der Waals surface area contributed by atoms with Crippen molar-refractivity contribution < 1.29 is 4.74 Å². The van der Waals surface area contributed by atoms with E-state index in [2.05, 4.69) is 49.5 Å². The summed E-state index contributed by atoms with van der Waals surface area (Å²) in [5.41, 5.74) is 5.28. The van der Waals surface area contributed by atoms with Gasteiger partial charge in [-0.3, -0.25) is 0 Å². The fourth-order valence-corrected chi connectivity index (χ4v) is 3.09. The van der Waals surface area contributed by atoms with Gasteiger partial charge in [0.25, 0.3) is 0 Å². The number of hydrogen-bond acceptors (Lipinski definition) is 2. The van der Waals surface area contributed by atoms with Crippen LogP contribution in [-0.4, -0.2) is 0 Å². The van der Waals surface area contributed by atoms with Crippen molar-refractivity contribution in [3.8, 4) is 11.5 Å². The van der Waals surface area contributed by atoms with Crippen molar-refractivity contribution in [1.82, 2.24) is 0 Å². The quantitative estimate of drug-likeness (QED) is 0.461. The van der Waals surface area contributed by atoms with Gasteiger partial charge in [0.05, 0.1) is 0 Å². The zero-order chi connectivity index (χ0) is 17.5. The average Bonchev–Trinajstić information content (AvgIpc) is 2.67. The SMILES string of the molecule is Br.CCc1cccc(NCc2cccc(Oc3ccccc3)c2)c1CC. The predicted octanol–water partition coefficient (Wildman–Crippen LogP) is 6.79. The molecule has 3 aromatic rings. The summed E-state index contributed by atoms with van der Waals surface area (Å²) in [4.78, 5) is 0. The Morgan fingerprint density at radius 2 is 1.50 bits per heavy atom. The molecular formula is C23H26BrNO. The fraction of sp³-hybridized carbons (Fsp3) is 0.217. The highest BCUT2D eigenvalue weighted by Crippen LogP contribution is 2.24. The third kappa shape index (κ3) is 5.12. The average molecular weight is 412 g/mol. The molecule has 0 radical (unpaired) electrons. The molecule has 0 fully saturated rings. The first-order chi connectivity index (χ1) is 12.3. The first kappa shape index (κ1) is 20.1. The Morgan fingerprint density at radius 1 is 0.769 bits per heavy atom. The number of ether oxygens (including phenoxy) is 1. The van der Waals surface area contributed by atoms with E-state index in [1.165, 1.54) is 22.4 Å². The topological polar surface area (TPSA) is 21.3 Å². The van der Waals surface area contributed by atoms with Crippen LogP contribution in [0.3, 0.4) is 0 Å². The lowest BCUT2D eigenvalue weighted by atomic mass is 10.0. The zero-order valence-electron chi connectivity index (χ0n) is 15.4. The molecule has 0 bridgehead atoms. The van der Waals surface area contributed by atoms with Gasteiger partial charge >= 0.3 is 0 Å². The second kappa shape index (κ2) is 10.0. The molecule has 0 aliphatic carbocycles. The zero-order valence-corrected chi connectivity index (χ0v) is 17.1. The molecule has 0 saturated heterocycles. The fourth-order valence-electron chi connectivity index (χ4n) is 3.09. The van der Waals surface area contributed by atoms with Crippen LogP contribution >= 0.6 is 17.0 Å². The van der Waals surface area contributed by atoms with E-state index in [-0.39, 0.29) is 17.0 Å². The van der Waals surface area contributed by atoms with E-state index in [0.29, 0.717) is 0 Å². The highest BCUT2D eigenvalue weighted by molar-refractivity contribution is 8.93. The summed E-state index contributed by atoms with van der Waals surface area (Å²) in [5.74, 6) is 1.72. The molecule has 0 unspecified atom stereocenters. The van der Waals surface area contributed by atoms with Crippen LogP contribution < -0.4 is 10.1 Å². The lowest BCUT2D eigenvalue weighted by molar-refractivity contribution is 0.482. The molecule has 0 spiro atoms. The van der Waals surface area contributed by atoms with Crippen LogP contribution in [0.15, 0.2) is 72.8 Å². The van der Waals surface area contributed by atoms with Crippen LogP contribution in [0.25, 0.3) is 0 Å². The summed E-state index contributed by atoms with van der Waals surface area (Å²) in [5, 5.41) is 3.59. The van der Waals surface area contributed by atoms with Crippen LogP contribution in [0, 0.1) is 0 Å². The number of halogens is 1. The third-order valence-electron chi connectivity index (χ3n) is 4.37. The molecule has 136 valence electrons. The van der Waals surface area contributed by atoms with E-state index < -0.39 is 0 Å². The summed E-state index contributed by atoms with van der Waals surface area (Å²) in [6.07, 6.45) is 2.11. The molecule has 0 aliphatic rings. The summed E-state index contributed by atoms with van der Waals surface area (Å²) in [6, 6.07) is 24.7. The minimum atomic E-state index is 0. The Bertz CT molecular complexity index is 817. The van der Waals surface area contributed by atoms with Crippen LogP contribution in [-0.2, 0) is 19.4 Å². The number of benzene rings is 3. The Balaban J connectivity index is 0.00000243. The van der Waals surface area contributed by atoms with Crippen molar-refractivity contribution in [1.29, 1.82) is 0 Å². The van der Waals surface area contributed by atoms with E-state index in [1.54, 1.807) is 0 Å².